The van der Waals surface area contributed by atoms with E-state index < -0.39 is 0 Å². The number of rotatable bonds is 8. The molecule has 0 aliphatic rings. The SMILES string of the molecule is COCCN(C)C(=O)c1sc2ncnc(NCCN(C)C)c2c1C. The summed E-state index contributed by atoms with van der Waals surface area (Å²) in [7, 11) is 7.47. The highest BCUT2D eigenvalue weighted by Crippen LogP contribution is 2.33. The number of nitrogens with zero attached hydrogens (tertiary/aromatic N) is 4. The predicted molar refractivity (Wildman–Crippen MR) is 98.0 cm³/mol. The molecule has 0 spiro atoms. The van der Waals surface area contributed by atoms with Crippen LogP contribution in [0.25, 0.3) is 10.2 Å². The number of methoxy groups -OCH3 is 1. The van der Waals surface area contributed by atoms with Gasteiger partial charge < -0.3 is 19.9 Å². The molecular weight excluding hydrogens is 326 g/mol. The lowest BCUT2D eigenvalue weighted by atomic mass is 10.2. The summed E-state index contributed by atoms with van der Waals surface area (Å²) in [5.74, 6) is 0.779. The van der Waals surface area contributed by atoms with Crippen molar-refractivity contribution in [2.75, 3.05) is 59.8 Å². The minimum absolute atomic E-state index is 0.00760. The monoisotopic (exact) mass is 351 g/mol. The second-order valence-corrected chi connectivity index (χ2v) is 6.91. The second kappa shape index (κ2) is 8.36. The highest BCUT2D eigenvalue weighted by molar-refractivity contribution is 7.20. The van der Waals surface area contributed by atoms with Crippen LogP contribution in [0.3, 0.4) is 0 Å². The van der Waals surface area contributed by atoms with Gasteiger partial charge in [-0.25, -0.2) is 9.97 Å². The Morgan fingerprint density at radius 3 is 2.71 bits per heavy atom. The van der Waals surface area contributed by atoms with Gasteiger partial charge in [0.2, 0.25) is 0 Å². The van der Waals surface area contributed by atoms with E-state index in [4.69, 9.17) is 4.74 Å². The van der Waals surface area contributed by atoms with Crippen LogP contribution in [-0.4, -0.2) is 80.2 Å². The Hall–Kier alpha value is -1.77. The zero-order chi connectivity index (χ0) is 17.7. The van der Waals surface area contributed by atoms with Gasteiger partial charge in [-0.3, -0.25) is 4.79 Å². The van der Waals surface area contributed by atoms with Crippen LogP contribution in [0.2, 0.25) is 0 Å². The molecule has 0 fully saturated rings. The maximum absolute atomic E-state index is 12.7. The van der Waals surface area contributed by atoms with Crippen LogP contribution in [0.15, 0.2) is 6.33 Å². The predicted octanol–water partition coefficient (Wildman–Crippen LogP) is 1.69. The third-order valence-corrected chi connectivity index (χ3v) is 4.94. The summed E-state index contributed by atoms with van der Waals surface area (Å²) < 4.78 is 5.04. The first kappa shape index (κ1) is 18.6. The number of hydrogen-bond donors (Lipinski definition) is 1. The Morgan fingerprint density at radius 2 is 2.04 bits per heavy atom. The zero-order valence-corrected chi connectivity index (χ0v) is 15.7. The molecule has 24 heavy (non-hydrogen) atoms. The van der Waals surface area contributed by atoms with Gasteiger partial charge in [-0.1, -0.05) is 0 Å². The number of hydrogen-bond acceptors (Lipinski definition) is 7. The normalized spacial score (nSPS) is 11.2. The van der Waals surface area contributed by atoms with Gasteiger partial charge in [-0.05, 0) is 26.6 Å². The number of likely N-dealkylation sites (N-methyl/N-ethyl adjacent to an activating group) is 2. The molecule has 2 aromatic heterocycles. The van der Waals surface area contributed by atoms with Gasteiger partial charge in [-0.2, -0.15) is 0 Å². The third kappa shape index (κ3) is 4.19. The molecule has 2 rings (SSSR count). The van der Waals surface area contributed by atoms with Crippen LogP contribution < -0.4 is 5.32 Å². The number of aromatic nitrogens is 2. The van der Waals surface area contributed by atoms with E-state index in [2.05, 4.69) is 20.2 Å². The number of ether oxygens (including phenoxy) is 1. The minimum atomic E-state index is -0.00760. The van der Waals surface area contributed by atoms with Gasteiger partial charge in [0.15, 0.2) is 0 Å². The molecule has 0 aliphatic carbocycles. The first-order valence-corrected chi connectivity index (χ1v) is 8.64. The lowest BCUT2D eigenvalue weighted by molar-refractivity contribution is 0.0748. The third-order valence-electron chi connectivity index (χ3n) is 3.75. The van der Waals surface area contributed by atoms with Crippen molar-refractivity contribution in [1.82, 2.24) is 19.8 Å². The Bertz CT molecular complexity index is 701. The van der Waals surface area contributed by atoms with Crippen LogP contribution in [-0.2, 0) is 4.74 Å². The largest absolute Gasteiger partial charge is 0.383 e. The van der Waals surface area contributed by atoms with E-state index >= 15 is 0 Å². The molecule has 1 N–H and O–H groups in total. The van der Waals surface area contributed by atoms with E-state index in [1.165, 1.54) is 11.3 Å². The molecule has 0 saturated heterocycles. The first-order valence-electron chi connectivity index (χ1n) is 7.82. The number of nitrogens with one attached hydrogen (secondary N) is 1. The van der Waals surface area contributed by atoms with Crippen LogP contribution in [0.4, 0.5) is 5.82 Å². The molecular formula is C16H25N5O2S. The molecule has 2 heterocycles. The molecule has 7 nitrogen and oxygen atoms in total. The average Bonchev–Trinajstić information content (AvgIpc) is 2.89. The van der Waals surface area contributed by atoms with Crippen LogP contribution in [0.5, 0.6) is 0 Å². The Morgan fingerprint density at radius 1 is 1.29 bits per heavy atom. The van der Waals surface area contributed by atoms with Crippen molar-refractivity contribution in [2.45, 2.75) is 6.92 Å². The van der Waals surface area contributed by atoms with Gasteiger partial charge in [-0.15, -0.1) is 11.3 Å². The summed E-state index contributed by atoms with van der Waals surface area (Å²) in [6.45, 7) is 4.72. The average molecular weight is 351 g/mol. The van der Waals surface area contributed by atoms with Gasteiger partial charge in [0, 0.05) is 33.8 Å². The molecule has 0 radical (unpaired) electrons. The molecule has 132 valence electrons. The number of thiophene rings is 1. The van der Waals surface area contributed by atoms with E-state index in [0.29, 0.717) is 18.0 Å². The number of aryl methyl sites for hydroxylation is 1. The number of carbonyl (C=O) groups is 1. The van der Waals surface area contributed by atoms with Crippen molar-refractivity contribution >= 4 is 33.3 Å². The molecule has 0 aliphatic heterocycles. The molecule has 0 unspecified atom stereocenters. The van der Waals surface area contributed by atoms with Crippen molar-refractivity contribution in [3.8, 4) is 0 Å². The van der Waals surface area contributed by atoms with E-state index in [9.17, 15) is 4.79 Å². The standard InChI is InChI=1S/C16H25N5O2S/c1-11-12-14(17-6-7-20(2)3)18-10-19-15(12)24-13(11)16(22)21(4)8-9-23-5/h10H,6-9H2,1-5H3,(H,17,18,19). The van der Waals surface area contributed by atoms with Crippen molar-refractivity contribution < 1.29 is 9.53 Å². The fraction of sp³-hybridized carbons (Fsp3) is 0.562. The highest BCUT2D eigenvalue weighted by Gasteiger charge is 2.21. The van der Waals surface area contributed by atoms with Crippen molar-refractivity contribution in [2.24, 2.45) is 0 Å². The molecule has 0 atom stereocenters. The van der Waals surface area contributed by atoms with Crippen molar-refractivity contribution in [3.05, 3.63) is 16.8 Å². The van der Waals surface area contributed by atoms with Crippen LogP contribution in [0.1, 0.15) is 15.2 Å². The van der Waals surface area contributed by atoms with Crippen LogP contribution in [0, 0.1) is 6.92 Å². The molecule has 0 saturated carbocycles. The van der Waals surface area contributed by atoms with E-state index in [1.54, 1.807) is 25.4 Å². The van der Waals surface area contributed by atoms with E-state index in [-0.39, 0.29) is 5.91 Å². The maximum atomic E-state index is 12.7. The Balaban J connectivity index is 2.27. The molecule has 0 bridgehead atoms. The Labute approximate surface area is 146 Å². The van der Waals surface area contributed by atoms with E-state index in [0.717, 1.165) is 34.7 Å². The molecule has 8 heteroatoms. The number of fused-ring (bicyclic) bond motifs is 1. The minimum Gasteiger partial charge on any atom is -0.383 e. The molecule has 2 aromatic rings. The van der Waals surface area contributed by atoms with Gasteiger partial charge in [0.25, 0.3) is 5.91 Å². The zero-order valence-electron chi connectivity index (χ0n) is 14.9. The van der Waals surface area contributed by atoms with Gasteiger partial charge in [0.1, 0.15) is 17.0 Å². The lowest BCUT2D eigenvalue weighted by Crippen LogP contribution is -2.29. The van der Waals surface area contributed by atoms with Gasteiger partial charge >= 0.3 is 0 Å². The molecule has 0 aromatic carbocycles. The number of amides is 1. The summed E-state index contributed by atoms with van der Waals surface area (Å²) in [6.07, 6.45) is 1.54. The quantitative estimate of drug-likeness (QED) is 0.780. The summed E-state index contributed by atoms with van der Waals surface area (Å²) in [4.78, 5) is 26.7. The Kier molecular flexibility index (Phi) is 6.47. The first-order chi connectivity index (χ1) is 11.5. The lowest BCUT2D eigenvalue weighted by Gasteiger charge is -2.16. The second-order valence-electron chi connectivity index (χ2n) is 5.91. The van der Waals surface area contributed by atoms with Gasteiger partial charge in [0.05, 0.1) is 16.9 Å². The van der Waals surface area contributed by atoms with E-state index in [1.807, 2.05) is 21.0 Å². The topological polar surface area (TPSA) is 70.6 Å². The van der Waals surface area contributed by atoms with Crippen molar-refractivity contribution in [3.63, 3.8) is 0 Å². The summed E-state index contributed by atoms with van der Waals surface area (Å²) >= 11 is 1.41. The summed E-state index contributed by atoms with van der Waals surface area (Å²) in [5.41, 5.74) is 0.928. The summed E-state index contributed by atoms with van der Waals surface area (Å²) in [6, 6.07) is 0. The number of carbonyl (C=O) groups excluding carboxylic acids is 1. The van der Waals surface area contributed by atoms with Crippen LogP contribution >= 0.6 is 11.3 Å². The number of anilines is 1. The molecule has 1 amide bonds. The maximum Gasteiger partial charge on any atom is 0.264 e. The fourth-order valence-corrected chi connectivity index (χ4v) is 3.45. The smallest absolute Gasteiger partial charge is 0.264 e. The fourth-order valence-electron chi connectivity index (χ4n) is 2.31. The summed E-state index contributed by atoms with van der Waals surface area (Å²) in [5, 5.41) is 4.28. The highest BCUT2D eigenvalue weighted by atomic mass is 32.1. The van der Waals surface area contributed by atoms with Crippen molar-refractivity contribution in [1.29, 1.82) is 0 Å².